The van der Waals surface area contributed by atoms with Crippen molar-refractivity contribution in [3.63, 3.8) is 0 Å². The van der Waals surface area contributed by atoms with Gasteiger partial charge in [-0.3, -0.25) is 9.88 Å². The number of hydrogen-bond donors (Lipinski definition) is 1. The van der Waals surface area contributed by atoms with Crippen LogP contribution in [0, 0.1) is 19.8 Å². The van der Waals surface area contributed by atoms with Crippen molar-refractivity contribution in [3.8, 4) is 17.0 Å². The van der Waals surface area contributed by atoms with Crippen molar-refractivity contribution in [2.24, 2.45) is 5.92 Å². The molecule has 3 heterocycles. The Morgan fingerprint density at radius 1 is 1.27 bits per heavy atom. The molecule has 1 saturated heterocycles. The zero-order chi connectivity index (χ0) is 20.9. The summed E-state index contributed by atoms with van der Waals surface area (Å²) < 4.78 is 6.15. The molecule has 0 bridgehead atoms. The molecule has 1 aliphatic rings. The maximum absolute atomic E-state index is 9.60. The van der Waals surface area contributed by atoms with Gasteiger partial charge < -0.3 is 9.84 Å². The number of hydrogen-bond acceptors (Lipinski definition) is 7. The second-order valence-corrected chi connectivity index (χ2v) is 8.68. The van der Waals surface area contributed by atoms with Crippen molar-refractivity contribution in [2.45, 2.75) is 39.8 Å². The second-order valence-electron chi connectivity index (χ2n) is 7.96. The number of aromatic nitrogens is 3. The summed E-state index contributed by atoms with van der Waals surface area (Å²) in [6.07, 6.45) is 4.01. The van der Waals surface area contributed by atoms with Gasteiger partial charge in [-0.05, 0) is 57.4 Å². The van der Waals surface area contributed by atoms with Crippen LogP contribution in [0.3, 0.4) is 0 Å². The summed E-state index contributed by atoms with van der Waals surface area (Å²) in [6.45, 7) is 7.40. The van der Waals surface area contributed by atoms with Crippen molar-refractivity contribution in [2.75, 3.05) is 19.7 Å². The first-order valence-corrected chi connectivity index (χ1v) is 11.3. The number of nitrogens with zero attached hydrogens (tertiary/aromatic N) is 4. The minimum absolute atomic E-state index is 0.252. The first-order chi connectivity index (χ1) is 14.6. The highest BCUT2D eigenvalue weighted by Crippen LogP contribution is 2.30. The van der Waals surface area contributed by atoms with Crippen molar-refractivity contribution in [1.29, 1.82) is 0 Å². The van der Waals surface area contributed by atoms with E-state index in [0.29, 0.717) is 12.5 Å². The number of aliphatic hydroxyl groups is 1. The second kappa shape index (κ2) is 9.64. The van der Waals surface area contributed by atoms with Crippen LogP contribution in [0.2, 0.25) is 0 Å². The standard InChI is InChI=1S/C23H28N4O2S/c1-16-9-24-17(2)23(26-16)19-5-6-22(29-13-21-14-30-15-25-21)20(8-19)11-27-7-3-4-18(10-27)12-28/h5-6,8-9,14-15,18,28H,3-4,7,10-13H2,1-2H3. The zero-order valence-corrected chi connectivity index (χ0v) is 18.4. The van der Waals surface area contributed by atoms with Gasteiger partial charge in [0.15, 0.2) is 0 Å². The van der Waals surface area contributed by atoms with E-state index in [2.05, 4.69) is 27.0 Å². The molecule has 0 radical (unpaired) electrons. The Bertz CT molecular complexity index is 977. The smallest absolute Gasteiger partial charge is 0.131 e. The molecule has 7 heteroatoms. The van der Waals surface area contributed by atoms with Gasteiger partial charge >= 0.3 is 0 Å². The van der Waals surface area contributed by atoms with Gasteiger partial charge in [0.1, 0.15) is 12.4 Å². The third kappa shape index (κ3) is 5.03. The SMILES string of the molecule is Cc1cnc(C)c(-c2ccc(OCc3cscn3)c(CN3CCCC(CO)C3)c2)n1. The van der Waals surface area contributed by atoms with Gasteiger partial charge in [-0.15, -0.1) is 11.3 Å². The molecule has 3 aromatic rings. The number of aryl methyl sites for hydroxylation is 2. The normalized spacial score (nSPS) is 17.2. The average Bonchev–Trinajstić information content (AvgIpc) is 3.28. The van der Waals surface area contributed by atoms with Crippen LogP contribution >= 0.6 is 11.3 Å². The summed E-state index contributed by atoms with van der Waals surface area (Å²) in [5.74, 6) is 1.22. The van der Waals surface area contributed by atoms with Crippen LogP contribution in [0.4, 0.5) is 0 Å². The number of benzene rings is 1. The van der Waals surface area contributed by atoms with Gasteiger partial charge in [-0.25, -0.2) is 9.97 Å². The summed E-state index contributed by atoms with van der Waals surface area (Å²) in [5, 5.41) is 11.6. The molecule has 1 aliphatic heterocycles. The minimum Gasteiger partial charge on any atom is -0.487 e. The van der Waals surface area contributed by atoms with E-state index < -0.39 is 0 Å². The van der Waals surface area contributed by atoms with Crippen LogP contribution in [-0.4, -0.2) is 44.7 Å². The van der Waals surface area contributed by atoms with Crippen molar-refractivity contribution in [3.05, 3.63) is 57.9 Å². The number of piperidine rings is 1. The maximum atomic E-state index is 9.60. The van der Waals surface area contributed by atoms with Gasteiger partial charge in [0.2, 0.25) is 0 Å². The summed E-state index contributed by atoms with van der Waals surface area (Å²) in [5.41, 5.74) is 7.68. The van der Waals surface area contributed by atoms with Gasteiger partial charge in [-0.2, -0.15) is 0 Å². The molecule has 1 unspecified atom stereocenters. The number of rotatable bonds is 7. The molecule has 30 heavy (non-hydrogen) atoms. The lowest BCUT2D eigenvalue weighted by Gasteiger charge is -2.32. The summed E-state index contributed by atoms with van der Waals surface area (Å²) in [4.78, 5) is 15.9. The van der Waals surface area contributed by atoms with E-state index in [1.807, 2.05) is 30.8 Å². The van der Waals surface area contributed by atoms with E-state index in [0.717, 1.165) is 72.1 Å². The molecule has 2 aromatic heterocycles. The average molecular weight is 425 g/mol. The van der Waals surface area contributed by atoms with Crippen molar-refractivity contribution >= 4 is 11.3 Å². The van der Waals surface area contributed by atoms with Crippen LogP contribution in [0.5, 0.6) is 5.75 Å². The van der Waals surface area contributed by atoms with Crippen LogP contribution in [0.25, 0.3) is 11.3 Å². The first kappa shape index (κ1) is 20.9. The Balaban J connectivity index is 1.62. The Morgan fingerprint density at radius 2 is 2.17 bits per heavy atom. The molecule has 0 aliphatic carbocycles. The number of thiazole rings is 1. The Morgan fingerprint density at radius 3 is 2.97 bits per heavy atom. The van der Waals surface area contributed by atoms with Crippen LogP contribution in [0.1, 0.15) is 35.5 Å². The summed E-state index contributed by atoms with van der Waals surface area (Å²) in [6, 6.07) is 6.27. The molecule has 4 rings (SSSR count). The Kier molecular flexibility index (Phi) is 6.72. The molecule has 6 nitrogen and oxygen atoms in total. The van der Waals surface area contributed by atoms with Crippen molar-refractivity contribution < 1.29 is 9.84 Å². The summed E-state index contributed by atoms with van der Waals surface area (Å²) >= 11 is 1.57. The van der Waals surface area contributed by atoms with Crippen LogP contribution in [0.15, 0.2) is 35.3 Å². The largest absolute Gasteiger partial charge is 0.487 e. The predicted molar refractivity (Wildman–Crippen MR) is 118 cm³/mol. The topological polar surface area (TPSA) is 71.4 Å². The van der Waals surface area contributed by atoms with E-state index in [-0.39, 0.29) is 6.61 Å². The lowest BCUT2D eigenvalue weighted by Crippen LogP contribution is -2.36. The highest BCUT2D eigenvalue weighted by molar-refractivity contribution is 7.07. The highest BCUT2D eigenvalue weighted by atomic mass is 32.1. The van der Waals surface area contributed by atoms with E-state index in [9.17, 15) is 5.11 Å². The molecule has 1 aromatic carbocycles. The third-order valence-electron chi connectivity index (χ3n) is 5.52. The maximum Gasteiger partial charge on any atom is 0.131 e. The highest BCUT2D eigenvalue weighted by Gasteiger charge is 2.21. The molecule has 1 fully saturated rings. The van der Waals surface area contributed by atoms with Crippen LogP contribution in [-0.2, 0) is 13.2 Å². The number of aliphatic hydroxyl groups excluding tert-OH is 1. The third-order valence-corrected chi connectivity index (χ3v) is 6.16. The lowest BCUT2D eigenvalue weighted by atomic mass is 9.98. The first-order valence-electron chi connectivity index (χ1n) is 10.4. The van der Waals surface area contributed by atoms with E-state index in [4.69, 9.17) is 9.72 Å². The monoisotopic (exact) mass is 424 g/mol. The van der Waals surface area contributed by atoms with E-state index in [1.54, 1.807) is 17.5 Å². The Labute approximate surface area is 181 Å². The predicted octanol–water partition coefficient (Wildman–Crippen LogP) is 4.00. The molecule has 1 atom stereocenters. The molecular weight excluding hydrogens is 396 g/mol. The van der Waals surface area contributed by atoms with E-state index >= 15 is 0 Å². The van der Waals surface area contributed by atoms with E-state index in [1.165, 1.54) is 0 Å². The quantitative estimate of drug-likeness (QED) is 0.618. The Hall–Kier alpha value is -2.35. The van der Waals surface area contributed by atoms with Gasteiger partial charge in [0.25, 0.3) is 0 Å². The minimum atomic E-state index is 0.252. The zero-order valence-electron chi connectivity index (χ0n) is 17.5. The fourth-order valence-corrected chi connectivity index (χ4v) is 4.49. The van der Waals surface area contributed by atoms with Gasteiger partial charge in [0, 0.05) is 42.4 Å². The van der Waals surface area contributed by atoms with Gasteiger partial charge in [0.05, 0.1) is 28.3 Å². The molecule has 0 spiro atoms. The van der Waals surface area contributed by atoms with Crippen molar-refractivity contribution in [1.82, 2.24) is 19.9 Å². The van der Waals surface area contributed by atoms with Gasteiger partial charge in [-0.1, -0.05) is 0 Å². The fourth-order valence-electron chi connectivity index (χ4n) is 3.95. The fraction of sp³-hybridized carbons (Fsp3) is 0.435. The summed E-state index contributed by atoms with van der Waals surface area (Å²) in [7, 11) is 0. The number of likely N-dealkylation sites (tertiary alicyclic amines) is 1. The molecule has 0 amide bonds. The van der Waals surface area contributed by atoms with Crippen LogP contribution < -0.4 is 4.74 Å². The molecular formula is C23H28N4O2S. The molecule has 158 valence electrons. The number of ether oxygens (including phenoxy) is 1. The lowest BCUT2D eigenvalue weighted by molar-refractivity contribution is 0.115. The molecule has 1 N–H and O–H groups in total. The molecule has 0 saturated carbocycles.